The number of nitrogens with one attached hydrogen (secondary N) is 1. The van der Waals surface area contributed by atoms with E-state index in [1.807, 2.05) is 4.72 Å². The van der Waals surface area contributed by atoms with E-state index in [4.69, 9.17) is 10.2 Å². The van der Waals surface area contributed by atoms with Crippen molar-refractivity contribution in [3.8, 4) is 0 Å². The fourth-order valence-electron chi connectivity index (χ4n) is 1.57. The Morgan fingerprint density at radius 1 is 1.38 bits per heavy atom. The van der Waals surface area contributed by atoms with E-state index in [9.17, 15) is 22.8 Å². The van der Waals surface area contributed by atoms with E-state index in [0.717, 1.165) is 17.8 Å². The van der Waals surface area contributed by atoms with Crippen molar-refractivity contribution in [2.24, 2.45) is 14.1 Å². The highest BCUT2D eigenvalue weighted by Crippen LogP contribution is 2.03. The molecule has 0 unspecified atom stereocenters. The molecule has 0 saturated carbocycles. The molecule has 3 N–H and O–H groups in total. The van der Waals surface area contributed by atoms with Crippen molar-refractivity contribution >= 4 is 16.0 Å². The van der Waals surface area contributed by atoms with Crippen LogP contribution in [-0.2, 0) is 28.9 Å². The molecular weight excluding hydrogens is 306 g/mol. The molecule has 0 aliphatic rings. The lowest BCUT2D eigenvalue weighted by atomic mass is 10.2. The molecule has 1 rings (SSSR count). The van der Waals surface area contributed by atoms with Crippen molar-refractivity contribution < 1.29 is 23.4 Å². The van der Waals surface area contributed by atoms with Gasteiger partial charge in [0.05, 0.1) is 0 Å². The Bertz CT molecular complexity index is 762. The van der Waals surface area contributed by atoms with Gasteiger partial charge in [-0.1, -0.05) is 0 Å². The van der Waals surface area contributed by atoms with E-state index in [2.05, 4.69) is 0 Å². The summed E-state index contributed by atoms with van der Waals surface area (Å²) < 4.78 is 27.4. The number of hydrogen-bond acceptors (Lipinski definition) is 6. The summed E-state index contributed by atoms with van der Waals surface area (Å²) in [5.74, 6) is -1.49. The van der Waals surface area contributed by atoms with Gasteiger partial charge in [0.15, 0.2) is 4.90 Å². The first-order chi connectivity index (χ1) is 9.61. The fraction of sp³-hybridized carbons (Fsp3) is 0.500. The number of aryl methyl sites for hydroxylation is 1. The molecular formula is C10H15N3O7S. The zero-order valence-corrected chi connectivity index (χ0v) is 12.1. The molecule has 0 amide bonds. The summed E-state index contributed by atoms with van der Waals surface area (Å²) in [5.41, 5.74) is -1.79. The topological polar surface area (TPSA) is 148 Å². The molecule has 0 spiro atoms. The molecule has 0 saturated heterocycles. The molecule has 118 valence electrons. The van der Waals surface area contributed by atoms with Gasteiger partial charge in [0.1, 0.15) is 6.04 Å². The Morgan fingerprint density at radius 2 is 1.95 bits per heavy atom. The predicted molar refractivity (Wildman–Crippen MR) is 70.4 cm³/mol. The van der Waals surface area contributed by atoms with Crippen LogP contribution in [0.25, 0.3) is 0 Å². The molecule has 1 heterocycles. The van der Waals surface area contributed by atoms with E-state index in [-0.39, 0.29) is 6.42 Å². The normalized spacial score (nSPS) is 13.1. The van der Waals surface area contributed by atoms with E-state index in [1.165, 1.54) is 7.05 Å². The lowest BCUT2D eigenvalue weighted by Crippen LogP contribution is -2.46. The van der Waals surface area contributed by atoms with E-state index in [1.54, 1.807) is 0 Å². The molecule has 0 aromatic carbocycles. The minimum absolute atomic E-state index is 0.360. The Kier molecular flexibility index (Phi) is 5.04. The summed E-state index contributed by atoms with van der Waals surface area (Å²) in [4.78, 5) is 33.5. The lowest BCUT2D eigenvalue weighted by Gasteiger charge is -2.14. The summed E-state index contributed by atoms with van der Waals surface area (Å²) in [5, 5.41) is 17.6. The van der Waals surface area contributed by atoms with E-state index < -0.39 is 44.8 Å². The molecule has 0 fully saturated rings. The zero-order chi connectivity index (χ0) is 16.4. The first-order valence-electron chi connectivity index (χ1n) is 5.74. The van der Waals surface area contributed by atoms with Crippen molar-refractivity contribution in [2.45, 2.75) is 17.4 Å². The highest BCUT2D eigenvalue weighted by Gasteiger charge is 2.28. The van der Waals surface area contributed by atoms with Gasteiger partial charge in [0, 0.05) is 26.9 Å². The van der Waals surface area contributed by atoms with Crippen LogP contribution in [0.5, 0.6) is 0 Å². The van der Waals surface area contributed by atoms with Crippen LogP contribution in [0.4, 0.5) is 0 Å². The second-order valence-electron chi connectivity index (χ2n) is 4.28. The van der Waals surface area contributed by atoms with Gasteiger partial charge in [-0.15, -0.1) is 0 Å². The molecule has 1 aromatic rings. The molecule has 1 atom stereocenters. The molecule has 1 aromatic heterocycles. The number of carboxylic acids is 1. The van der Waals surface area contributed by atoms with Crippen molar-refractivity contribution in [3.63, 3.8) is 0 Å². The highest BCUT2D eigenvalue weighted by molar-refractivity contribution is 7.89. The number of aliphatic carboxylic acids is 1. The molecule has 21 heavy (non-hydrogen) atoms. The monoisotopic (exact) mass is 321 g/mol. The summed E-state index contributed by atoms with van der Waals surface area (Å²) in [6.45, 7) is -0.551. The van der Waals surface area contributed by atoms with Crippen molar-refractivity contribution in [3.05, 3.63) is 27.0 Å². The van der Waals surface area contributed by atoms with Gasteiger partial charge in [0.25, 0.3) is 5.56 Å². The number of aliphatic hydroxyl groups is 1. The fourth-order valence-corrected chi connectivity index (χ4v) is 2.96. The Balaban J connectivity index is 3.36. The third-order valence-corrected chi connectivity index (χ3v) is 4.17. The maximum absolute atomic E-state index is 12.1. The number of aromatic nitrogens is 2. The van der Waals surface area contributed by atoms with Gasteiger partial charge in [-0.2, -0.15) is 4.72 Å². The molecule has 10 nitrogen and oxygen atoms in total. The summed E-state index contributed by atoms with van der Waals surface area (Å²) >= 11 is 0. The number of sulfonamides is 1. The minimum atomic E-state index is -4.45. The van der Waals surface area contributed by atoms with E-state index >= 15 is 0 Å². The van der Waals surface area contributed by atoms with Crippen LogP contribution < -0.4 is 16.0 Å². The molecule has 0 aliphatic carbocycles. The maximum Gasteiger partial charge on any atom is 0.330 e. The highest BCUT2D eigenvalue weighted by atomic mass is 32.2. The van der Waals surface area contributed by atoms with Crippen LogP contribution in [0, 0.1) is 0 Å². The zero-order valence-electron chi connectivity index (χ0n) is 11.3. The first kappa shape index (κ1) is 17.1. The van der Waals surface area contributed by atoms with Gasteiger partial charge >= 0.3 is 11.7 Å². The van der Waals surface area contributed by atoms with Crippen LogP contribution in [0.1, 0.15) is 6.42 Å². The predicted octanol–water partition coefficient (Wildman–Crippen LogP) is -2.80. The SMILES string of the molecule is Cn1cc(S(=O)(=O)N[C@@H](CCO)C(=O)O)c(=O)n(C)c1=O. The summed E-state index contributed by atoms with van der Waals surface area (Å²) in [6, 6.07) is -1.58. The van der Waals surface area contributed by atoms with Crippen molar-refractivity contribution in [1.82, 2.24) is 13.9 Å². The molecule has 11 heteroatoms. The van der Waals surface area contributed by atoms with Gasteiger partial charge in [-0.3, -0.25) is 14.2 Å². The van der Waals surface area contributed by atoms with Crippen LogP contribution in [-0.4, -0.2) is 46.4 Å². The van der Waals surface area contributed by atoms with Gasteiger partial charge in [-0.25, -0.2) is 13.2 Å². The van der Waals surface area contributed by atoms with Crippen LogP contribution in [0.15, 0.2) is 20.7 Å². The third-order valence-electron chi connectivity index (χ3n) is 2.72. The Hall–Kier alpha value is -1.98. The van der Waals surface area contributed by atoms with Crippen molar-refractivity contribution in [1.29, 1.82) is 0 Å². The van der Waals surface area contributed by atoms with Gasteiger partial charge < -0.3 is 14.8 Å². The van der Waals surface area contributed by atoms with Crippen LogP contribution in [0.3, 0.4) is 0 Å². The second kappa shape index (κ2) is 6.20. The average molecular weight is 321 g/mol. The van der Waals surface area contributed by atoms with Crippen molar-refractivity contribution in [2.75, 3.05) is 6.61 Å². The van der Waals surface area contributed by atoms with Gasteiger partial charge in [-0.05, 0) is 6.42 Å². The second-order valence-corrected chi connectivity index (χ2v) is 5.96. The van der Waals surface area contributed by atoms with Crippen LogP contribution in [0.2, 0.25) is 0 Å². The number of rotatable bonds is 6. The van der Waals surface area contributed by atoms with Crippen LogP contribution >= 0.6 is 0 Å². The summed E-state index contributed by atoms with van der Waals surface area (Å²) in [6.07, 6.45) is 0.450. The number of nitrogens with zero attached hydrogens (tertiary/aromatic N) is 2. The Labute approximate surface area is 119 Å². The van der Waals surface area contributed by atoms with Gasteiger partial charge in [0.2, 0.25) is 10.0 Å². The number of carbonyl (C=O) groups is 1. The Morgan fingerprint density at radius 3 is 2.43 bits per heavy atom. The quantitative estimate of drug-likeness (QED) is 0.512. The maximum atomic E-state index is 12.1. The molecule has 0 aliphatic heterocycles. The first-order valence-corrected chi connectivity index (χ1v) is 7.22. The largest absolute Gasteiger partial charge is 0.480 e. The average Bonchev–Trinajstić information content (AvgIpc) is 2.39. The smallest absolute Gasteiger partial charge is 0.330 e. The minimum Gasteiger partial charge on any atom is -0.480 e. The number of carboxylic acid groups (broad SMARTS) is 1. The number of hydrogen-bond donors (Lipinski definition) is 3. The molecule has 0 bridgehead atoms. The molecule has 0 radical (unpaired) electrons. The van der Waals surface area contributed by atoms with E-state index in [0.29, 0.717) is 4.57 Å². The number of aliphatic hydroxyl groups excluding tert-OH is 1. The third kappa shape index (κ3) is 3.56. The lowest BCUT2D eigenvalue weighted by molar-refractivity contribution is -0.139. The standard InChI is InChI=1S/C10H15N3O7S/c1-12-5-7(8(15)13(2)10(12)18)21(19,20)11-6(3-4-14)9(16)17/h5-6,11,14H,3-4H2,1-2H3,(H,16,17)/t6-/m0/s1. The summed E-state index contributed by atoms with van der Waals surface area (Å²) in [7, 11) is -2.10.